The van der Waals surface area contributed by atoms with E-state index in [1.807, 2.05) is 51.1 Å². The summed E-state index contributed by atoms with van der Waals surface area (Å²) in [5.74, 6) is 0.968. The molecular formula is C24H30O3. The van der Waals surface area contributed by atoms with Gasteiger partial charge in [-0.1, -0.05) is 45.0 Å². The van der Waals surface area contributed by atoms with Gasteiger partial charge in [0, 0.05) is 5.56 Å². The highest BCUT2D eigenvalue weighted by Gasteiger charge is 2.17. The van der Waals surface area contributed by atoms with Gasteiger partial charge in [0.15, 0.2) is 5.76 Å². The van der Waals surface area contributed by atoms with Gasteiger partial charge in [-0.15, -0.1) is 0 Å². The number of allylic oxidation sites excluding steroid dienone is 1. The van der Waals surface area contributed by atoms with Gasteiger partial charge in [-0.3, -0.25) is 4.79 Å². The van der Waals surface area contributed by atoms with Crippen molar-refractivity contribution in [3.05, 3.63) is 71.0 Å². The topological polar surface area (TPSA) is 35.5 Å². The molecular weight excluding hydrogens is 336 g/mol. The molecule has 0 aliphatic carbocycles. The zero-order valence-electron chi connectivity index (χ0n) is 17.2. The van der Waals surface area contributed by atoms with E-state index in [0.29, 0.717) is 17.9 Å². The van der Waals surface area contributed by atoms with Crippen LogP contribution in [0.3, 0.4) is 0 Å². The SMILES string of the molecule is CCOc1ccc(C(=O)C(=Cc2cccc(C(C)(C)C)c2)OC(C)C)cc1. The number of carbonyl (C=O) groups is 1. The van der Waals surface area contributed by atoms with E-state index in [1.54, 1.807) is 12.1 Å². The molecule has 0 aliphatic rings. The van der Waals surface area contributed by atoms with Crippen LogP contribution in [0.15, 0.2) is 54.3 Å². The normalized spacial score (nSPS) is 12.2. The maximum absolute atomic E-state index is 13.0. The van der Waals surface area contributed by atoms with Crippen molar-refractivity contribution in [1.82, 2.24) is 0 Å². The Kier molecular flexibility index (Phi) is 6.84. The molecule has 0 fully saturated rings. The first kappa shape index (κ1) is 20.8. The highest BCUT2D eigenvalue weighted by atomic mass is 16.5. The van der Waals surface area contributed by atoms with Crippen LogP contribution in [0.5, 0.6) is 5.75 Å². The first-order chi connectivity index (χ1) is 12.7. The van der Waals surface area contributed by atoms with Gasteiger partial charge >= 0.3 is 0 Å². The van der Waals surface area contributed by atoms with Gasteiger partial charge in [-0.05, 0) is 67.7 Å². The quantitative estimate of drug-likeness (QED) is 0.341. The Morgan fingerprint density at radius 2 is 1.74 bits per heavy atom. The van der Waals surface area contributed by atoms with E-state index < -0.39 is 0 Å². The van der Waals surface area contributed by atoms with Gasteiger partial charge in [0.25, 0.3) is 0 Å². The summed E-state index contributed by atoms with van der Waals surface area (Å²) in [5.41, 5.74) is 2.80. The average molecular weight is 367 g/mol. The molecule has 0 atom stereocenters. The molecule has 0 N–H and O–H groups in total. The third-order valence-corrected chi connectivity index (χ3v) is 4.06. The van der Waals surface area contributed by atoms with Gasteiger partial charge < -0.3 is 9.47 Å². The fraction of sp³-hybridized carbons (Fsp3) is 0.375. The second kappa shape index (κ2) is 8.90. The molecule has 2 aromatic rings. The van der Waals surface area contributed by atoms with E-state index in [9.17, 15) is 4.79 Å². The Morgan fingerprint density at radius 1 is 1.07 bits per heavy atom. The summed E-state index contributed by atoms with van der Waals surface area (Å²) in [5, 5.41) is 0. The van der Waals surface area contributed by atoms with Gasteiger partial charge in [-0.25, -0.2) is 0 Å². The first-order valence-electron chi connectivity index (χ1n) is 9.47. The third-order valence-electron chi connectivity index (χ3n) is 4.06. The minimum atomic E-state index is -0.132. The molecule has 0 bridgehead atoms. The molecule has 3 nitrogen and oxygen atoms in total. The van der Waals surface area contributed by atoms with E-state index in [1.165, 1.54) is 5.56 Å². The van der Waals surface area contributed by atoms with Crippen molar-refractivity contribution in [2.24, 2.45) is 0 Å². The van der Waals surface area contributed by atoms with Crippen molar-refractivity contribution < 1.29 is 14.3 Å². The van der Waals surface area contributed by atoms with Gasteiger partial charge in [0.1, 0.15) is 5.75 Å². The maximum Gasteiger partial charge on any atom is 0.227 e. The van der Waals surface area contributed by atoms with Crippen LogP contribution < -0.4 is 4.74 Å². The molecule has 3 heteroatoms. The van der Waals surface area contributed by atoms with E-state index in [4.69, 9.17) is 9.47 Å². The summed E-state index contributed by atoms with van der Waals surface area (Å²) in [6, 6.07) is 15.4. The monoisotopic (exact) mass is 366 g/mol. The lowest BCUT2D eigenvalue weighted by Crippen LogP contribution is -2.12. The average Bonchev–Trinajstić information content (AvgIpc) is 2.61. The van der Waals surface area contributed by atoms with Crippen LogP contribution in [-0.2, 0) is 10.2 Å². The zero-order chi connectivity index (χ0) is 20.0. The van der Waals surface area contributed by atoms with Crippen LogP contribution >= 0.6 is 0 Å². The molecule has 144 valence electrons. The maximum atomic E-state index is 13.0. The fourth-order valence-corrected chi connectivity index (χ4v) is 2.66. The fourth-order valence-electron chi connectivity index (χ4n) is 2.66. The number of ketones is 1. The number of carbonyl (C=O) groups excluding carboxylic acids is 1. The second-order valence-electron chi connectivity index (χ2n) is 7.84. The predicted molar refractivity (Wildman–Crippen MR) is 111 cm³/mol. The van der Waals surface area contributed by atoms with Crippen molar-refractivity contribution in [2.75, 3.05) is 6.61 Å². The molecule has 0 unspecified atom stereocenters. The number of hydrogen-bond acceptors (Lipinski definition) is 3. The summed E-state index contributed by atoms with van der Waals surface area (Å²) in [6.45, 7) is 12.9. The Balaban J connectivity index is 2.36. The first-order valence-corrected chi connectivity index (χ1v) is 9.47. The second-order valence-corrected chi connectivity index (χ2v) is 7.84. The Labute approximate surface area is 163 Å². The number of benzene rings is 2. The van der Waals surface area contributed by atoms with Crippen LogP contribution in [0.4, 0.5) is 0 Å². The van der Waals surface area contributed by atoms with Crippen LogP contribution in [-0.4, -0.2) is 18.5 Å². The number of Topliss-reactive ketones (excluding diaryl/α,β-unsaturated/α-hetero) is 1. The molecule has 0 aromatic heterocycles. The van der Waals surface area contributed by atoms with E-state index >= 15 is 0 Å². The lowest BCUT2D eigenvalue weighted by atomic mass is 9.86. The zero-order valence-corrected chi connectivity index (χ0v) is 17.2. The molecule has 0 saturated heterocycles. The molecule has 0 aliphatic heterocycles. The van der Waals surface area contributed by atoms with Crippen LogP contribution in [0.25, 0.3) is 6.08 Å². The van der Waals surface area contributed by atoms with Gasteiger partial charge in [0.2, 0.25) is 5.78 Å². The highest BCUT2D eigenvalue weighted by Crippen LogP contribution is 2.25. The minimum absolute atomic E-state index is 0.0437. The van der Waals surface area contributed by atoms with E-state index in [-0.39, 0.29) is 17.3 Å². The van der Waals surface area contributed by atoms with Crippen molar-refractivity contribution >= 4 is 11.9 Å². The molecule has 0 amide bonds. The number of ether oxygens (including phenoxy) is 2. The Bertz CT molecular complexity index is 793. The summed E-state index contributed by atoms with van der Waals surface area (Å²) in [6.07, 6.45) is 1.74. The molecule has 27 heavy (non-hydrogen) atoms. The van der Waals surface area contributed by atoms with Crippen molar-refractivity contribution in [1.29, 1.82) is 0 Å². The highest BCUT2D eigenvalue weighted by molar-refractivity contribution is 6.09. The molecule has 0 radical (unpaired) electrons. The number of rotatable bonds is 7. The van der Waals surface area contributed by atoms with E-state index in [2.05, 4.69) is 32.9 Å². The molecule has 2 rings (SSSR count). The minimum Gasteiger partial charge on any atom is -0.494 e. The third kappa shape index (κ3) is 5.99. The van der Waals surface area contributed by atoms with E-state index in [0.717, 1.165) is 11.3 Å². The predicted octanol–water partition coefficient (Wildman–Crippen LogP) is 6.03. The van der Waals surface area contributed by atoms with Crippen LogP contribution in [0.1, 0.15) is 63.0 Å². The largest absolute Gasteiger partial charge is 0.494 e. The lowest BCUT2D eigenvalue weighted by molar-refractivity contribution is 0.0849. The van der Waals surface area contributed by atoms with Crippen molar-refractivity contribution in [3.8, 4) is 5.75 Å². The van der Waals surface area contributed by atoms with Crippen molar-refractivity contribution in [2.45, 2.75) is 53.1 Å². The summed E-state index contributed by atoms with van der Waals surface area (Å²) in [7, 11) is 0. The van der Waals surface area contributed by atoms with Crippen molar-refractivity contribution in [3.63, 3.8) is 0 Å². The molecule has 2 aromatic carbocycles. The summed E-state index contributed by atoms with van der Waals surface area (Å²) in [4.78, 5) is 13.0. The standard InChI is InChI=1S/C24H30O3/c1-7-26-21-13-11-19(12-14-21)23(25)22(27-17(2)3)16-18-9-8-10-20(15-18)24(4,5)6/h8-17H,7H2,1-6H3. The lowest BCUT2D eigenvalue weighted by Gasteiger charge is -2.19. The molecule has 0 spiro atoms. The molecule has 0 heterocycles. The summed E-state index contributed by atoms with van der Waals surface area (Å²) < 4.78 is 11.3. The summed E-state index contributed by atoms with van der Waals surface area (Å²) >= 11 is 0. The Hall–Kier alpha value is -2.55. The van der Waals surface area contributed by atoms with Gasteiger partial charge in [-0.2, -0.15) is 0 Å². The Morgan fingerprint density at radius 3 is 2.30 bits per heavy atom. The number of hydrogen-bond donors (Lipinski definition) is 0. The molecule has 0 saturated carbocycles. The van der Waals surface area contributed by atoms with Gasteiger partial charge in [0.05, 0.1) is 12.7 Å². The smallest absolute Gasteiger partial charge is 0.227 e. The van der Waals surface area contributed by atoms with Crippen LogP contribution in [0, 0.1) is 0 Å². The van der Waals surface area contributed by atoms with Crippen LogP contribution in [0.2, 0.25) is 0 Å².